The molecule has 0 bridgehead atoms. The highest BCUT2D eigenvalue weighted by molar-refractivity contribution is 5.82. The van der Waals surface area contributed by atoms with Crippen molar-refractivity contribution >= 4 is 16.8 Å². The van der Waals surface area contributed by atoms with Crippen molar-refractivity contribution in [2.24, 2.45) is 5.92 Å². The third-order valence-corrected chi connectivity index (χ3v) is 4.54. The number of hydrogen-bond acceptors (Lipinski definition) is 3. The molecule has 0 saturated carbocycles. The predicted octanol–water partition coefficient (Wildman–Crippen LogP) is 3.00. The van der Waals surface area contributed by atoms with Gasteiger partial charge in [0.25, 0.3) is 11.5 Å². The maximum Gasteiger partial charge on any atom is 0.253 e. The molecule has 1 atom stereocenters. The van der Waals surface area contributed by atoms with Crippen LogP contribution in [-0.2, 0) is 16.1 Å². The zero-order chi connectivity index (χ0) is 18.0. The van der Waals surface area contributed by atoms with E-state index in [2.05, 4.69) is 18.8 Å². The van der Waals surface area contributed by atoms with Gasteiger partial charge >= 0.3 is 0 Å². The van der Waals surface area contributed by atoms with E-state index >= 15 is 0 Å². The van der Waals surface area contributed by atoms with Crippen molar-refractivity contribution in [2.75, 3.05) is 13.2 Å². The molecular weight excluding hydrogens is 316 g/mol. The first-order chi connectivity index (χ1) is 11.9. The summed E-state index contributed by atoms with van der Waals surface area (Å²) in [4.78, 5) is 30.0. The van der Waals surface area contributed by atoms with E-state index in [1.165, 1.54) is 0 Å². The van der Waals surface area contributed by atoms with Crippen molar-refractivity contribution in [2.45, 2.75) is 46.3 Å². The van der Waals surface area contributed by atoms with Crippen molar-refractivity contribution in [1.82, 2.24) is 9.88 Å². The van der Waals surface area contributed by atoms with Crippen molar-refractivity contribution in [3.8, 4) is 0 Å². The number of aromatic amines is 1. The average molecular weight is 342 g/mol. The summed E-state index contributed by atoms with van der Waals surface area (Å²) in [6.07, 6.45) is 1.32. The number of ether oxygens (including phenoxy) is 1. The van der Waals surface area contributed by atoms with E-state index < -0.39 is 0 Å². The highest BCUT2D eigenvalue weighted by Crippen LogP contribution is 2.18. The molecule has 2 heterocycles. The third-order valence-electron chi connectivity index (χ3n) is 4.54. The number of amides is 1. The van der Waals surface area contributed by atoms with E-state index in [4.69, 9.17) is 4.74 Å². The van der Waals surface area contributed by atoms with Gasteiger partial charge in [0.15, 0.2) is 0 Å². The molecule has 1 aromatic carbocycles. The lowest BCUT2D eigenvalue weighted by Gasteiger charge is -2.27. The average Bonchev–Trinajstić information content (AvgIpc) is 3.08. The number of nitrogens with zero attached hydrogens (tertiary/aromatic N) is 1. The molecule has 0 unspecified atom stereocenters. The lowest BCUT2D eigenvalue weighted by atomic mass is 10.1. The summed E-state index contributed by atoms with van der Waals surface area (Å²) in [6.45, 7) is 7.74. The van der Waals surface area contributed by atoms with Crippen LogP contribution in [0, 0.1) is 12.8 Å². The molecule has 5 heteroatoms. The summed E-state index contributed by atoms with van der Waals surface area (Å²) in [6, 6.07) is 7.84. The lowest BCUT2D eigenvalue weighted by Crippen LogP contribution is -2.41. The highest BCUT2D eigenvalue weighted by atomic mass is 16.5. The van der Waals surface area contributed by atoms with E-state index in [0.717, 1.165) is 29.3 Å². The van der Waals surface area contributed by atoms with Crippen LogP contribution >= 0.6 is 0 Å². The molecule has 1 aliphatic rings. The number of pyridine rings is 1. The second kappa shape index (κ2) is 7.40. The quantitative estimate of drug-likeness (QED) is 0.908. The largest absolute Gasteiger partial charge is 0.368 e. The van der Waals surface area contributed by atoms with Crippen molar-refractivity contribution < 1.29 is 9.53 Å². The summed E-state index contributed by atoms with van der Waals surface area (Å²) < 4.78 is 5.55. The minimum absolute atomic E-state index is 0.00469. The van der Waals surface area contributed by atoms with Gasteiger partial charge in [-0.25, -0.2) is 0 Å². The molecule has 1 aliphatic heterocycles. The zero-order valence-corrected chi connectivity index (χ0v) is 15.2. The molecule has 1 fully saturated rings. The predicted molar refractivity (Wildman–Crippen MR) is 98.5 cm³/mol. The van der Waals surface area contributed by atoms with Gasteiger partial charge in [0.1, 0.15) is 6.10 Å². The molecule has 2 aromatic rings. The molecule has 25 heavy (non-hydrogen) atoms. The van der Waals surface area contributed by atoms with Gasteiger partial charge in [-0.1, -0.05) is 25.5 Å². The maximum absolute atomic E-state index is 12.8. The van der Waals surface area contributed by atoms with Crippen LogP contribution in [0.25, 0.3) is 10.9 Å². The second-order valence-corrected chi connectivity index (χ2v) is 7.33. The summed E-state index contributed by atoms with van der Waals surface area (Å²) in [5, 5.41) is 0.990. The van der Waals surface area contributed by atoms with E-state index in [0.29, 0.717) is 31.2 Å². The van der Waals surface area contributed by atoms with Gasteiger partial charge in [-0.2, -0.15) is 0 Å². The van der Waals surface area contributed by atoms with Gasteiger partial charge in [-0.05, 0) is 49.3 Å². The molecule has 3 rings (SSSR count). The van der Waals surface area contributed by atoms with E-state index in [1.807, 2.05) is 31.2 Å². The van der Waals surface area contributed by atoms with Crippen LogP contribution in [0.2, 0.25) is 0 Å². The normalized spacial score (nSPS) is 17.4. The van der Waals surface area contributed by atoms with Gasteiger partial charge in [-0.15, -0.1) is 0 Å². The Morgan fingerprint density at radius 3 is 2.84 bits per heavy atom. The van der Waals surface area contributed by atoms with Gasteiger partial charge in [-0.3, -0.25) is 9.59 Å². The van der Waals surface area contributed by atoms with Gasteiger partial charge in [0, 0.05) is 24.2 Å². The molecule has 0 radical (unpaired) electrons. The number of carbonyl (C=O) groups is 1. The molecule has 1 amide bonds. The van der Waals surface area contributed by atoms with Crippen LogP contribution in [0.3, 0.4) is 0 Å². The molecule has 1 aromatic heterocycles. The standard InChI is InChI=1S/C20H26N2O3/c1-13(2)11-22(20(24)18-5-4-8-25-18)12-16-10-15-9-14(3)6-7-17(15)21-19(16)23/h6-7,9-10,13,18H,4-5,8,11-12H2,1-3H3,(H,21,23)/t18-/m1/s1. The number of carbonyl (C=O) groups excluding carboxylic acids is 1. The van der Waals surface area contributed by atoms with Crippen LogP contribution in [0.5, 0.6) is 0 Å². The smallest absolute Gasteiger partial charge is 0.253 e. The fourth-order valence-corrected chi connectivity index (χ4v) is 3.34. The van der Waals surface area contributed by atoms with Crippen molar-refractivity contribution in [3.63, 3.8) is 0 Å². The summed E-state index contributed by atoms with van der Waals surface area (Å²) in [5.41, 5.74) is 2.44. The van der Waals surface area contributed by atoms with E-state index in [-0.39, 0.29) is 17.6 Å². The molecule has 134 valence electrons. The second-order valence-electron chi connectivity index (χ2n) is 7.33. The number of fused-ring (bicyclic) bond motifs is 1. The number of aryl methyl sites for hydroxylation is 1. The van der Waals surface area contributed by atoms with E-state index in [9.17, 15) is 9.59 Å². The van der Waals surface area contributed by atoms with Crippen LogP contribution in [0.4, 0.5) is 0 Å². The Labute approximate surface area is 148 Å². The Kier molecular flexibility index (Phi) is 5.23. The first-order valence-corrected chi connectivity index (χ1v) is 8.97. The summed E-state index contributed by atoms with van der Waals surface area (Å²) in [5.74, 6) is 0.321. The zero-order valence-electron chi connectivity index (χ0n) is 15.2. The minimum Gasteiger partial charge on any atom is -0.368 e. The Hall–Kier alpha value is -2.14. The number of nitrogens with one attached hydrogen (secondary N) is 1. The number of hydrogen-bond donors (Lipinski definition) is 1. The first-order valence-electron chi connectivity index (χ1n) is 8.97. The van der Waals surface area contributed by atoms with Crippen LogP contribution in [0.1, 0.15) is 37.8 Å². The molecule has 5 nitrogen and oxygen atoms in total. The Balaban J connectivity index is 1.90. The molecule has 1 saturated heterocycles. The SMILES string of the molecule is Cc1ccc2[nH]c(=O)c(CN(CC(C)C)C(=O)[C@H]3CCCO3)cc2c1. The van der Waals surface area contributed by atoms with Crippen LogP contribution in [-0.4, -0.2) is 35.0 Å². The topological polar surface area (TPSA) is 62.4 Å². The Bertz CT molecular complexity index is 819. The lowest BCUT2D eigenvalue weighted by molar-refractivity contribution is -0.142. The van der Waals surface area contributed by atoms with Gasteiger partial charge in [0.05, 0.1) is 6.54 Å². The summed E-state index contributed by atoms with van der Waals surface area (Å²) in [7, 11) is 0. The fourth-order valence-electron chi connectivity index (χ4n) is 3.34. The Morgan fingerprint density at radius 1 is 1.36 bits per heavy atom. The number of H-pyrrole nitrogens is 1. The Morgan fingerprint density at radius 2 is 2.16 bits per heavy atom. The fraction of sp³-hybridized carbons (Fsp3) is 0.500. The molecule has 0 spiro atoms. The minimum atomic E-state index is -0.361. The van der Waals surface area contributed by atoms with Crippen molar-refractivity contribution in [3.05, 3.63) is 45.7 Å². The van der Waals surface area contributed by atoms with E-state index in [1.54, 1.807) is 4.90 Å². The van der Waals surface area contributed by atoms with Gasteiger partial charge < -0.3 is 14.6 Å². The van der Waals surface area contributed by atoms with Crippen LogP contribution < -0.4 is 5.56 Å². The summed E-state index contributed by atoms with van der Waals surface area (Å²) >= 11 is 0. The highest BCUT2D eigenvalue weighted by Gasteiger charge is 2.29. The van der Waals surface area contributed by atoms with Crippen LogP contribution in [0.15, 0.2) is 29.1 Å². The third kappa shape index (κ3) is 4.10. The monoisotopic (exact) mass is 342 g/mol. The number of benzene rings is 1. The van der Waals surface area contributed by atoms with Crippen molar-refractivity contribution in [1.29, 1.82) is 0 Å². The molecular formula is C20H26N2O3. The molecule has 1 N–H and O–H groups in total. The first kappa shape index (κ1) is 17.7. The molecule has 0 aliphatic carbocycles. The number of aromatic nitrogens is 1. The maximum atomic E-state index is 12.8. The number of rotatable bonds is 5. The van der Waals surface area contributed by atoms with Gasteiger partial charge in [0.2, 0.25) is 0 Å².